The van der Waals surface area contributed by atoms with Gasteiger partial charge in [-0.3, -0.25) is 9.11 Å². The lowest BCUT2D eigenvalue weighted by Crippen LogP contribution is -2.48. The van der Waals surface area contributed by atoms with Crippen LogP contribution in [0.1, 0.15) is 0 Å². The lowest BCUT2D eigenvalue weighted by molar-refractivity contribution is -0.132. The molecule has 0 saturated carbocycles. The molecule has 0 spiro atoms. The Kier molecular flexibility index (Phi) is 7.08. The predicted molar refractivity (Wildman–Crippen MR) is 58.0 cm³/mol. The first-order valence-corrected chi connectivity index (χ1v) is 7.37. The van der Waals surface area contributed by atoms with Crippen molar-refractivity contribution in [1.82, 2.24) is 0 Å². The Balaban J connectivity index is 4.72. The molecule has 5 N–H and O–H groups in total. The third-order valence-corrected chi connectivity index (χ3v) is 2.73. The molecule has 0 aromatic carbocycles. The molecule has 20 heavy (non-hydrogen) atoms. The highest BCUT2D eigenvalue weighted by Gasteiger charge is 2.35. The highest BCUT2D eigenvalue weighted by Crippen LogP contribution is 2.10. The fourth-order valence-corrected chi connectivity index (χ4v) is 1.73. The van der Waals surface area contributed by atoms with Gasteiger partial charge in [-0.25, -0.2) is 8.37 Å². The van der Waals surface area contributed by atoms with Crippen LogP contribution in [0.2, 0.25) is 0 Å². The monoisotopic (exact) mass is 340 g/mol. The third kappa shape index (κ3) is 7.78. The van der Waals surface area contributed by atoms with Gasteiger partial charge < -0.3 is 20.1 Å². The van der Waals surface area contributed by atoms with E-state index in [1.165, 1.54) is 0 Å². The van der Waals surface area contributed by atoms with E-state index in [-0.39, 0.29) is 6.29 Å². The molecule has 0 aliphatic carbocycles. The summed E-state index contributed by atoms with van der Waals surface area (Å²) in [6.45, 7) is -1.20. The first kappa shape index (κ1) is 19.3. The minimum atomic E-state index is -5.13. The molecule has 0 aliphatic rings. The molecule has 0 radical (unpaired) electrons. The zero-order valence-electron chi connectivity index (χ0n) is 9.50. The van der Waals surface area contributed by atoms with Gasteiger partial charge in [-0.05, 0) is 0 Å². The summed E-state index contributed by atoms with van der Waals surface area (Å²) >= 11 is 0. The maximum absolute atomic E-state index is 10.4. The summed E-state index contributed by atoms with van der Waals surface area (Å²) in [5, 5.41) is 27.8. The van der Waals surface area contributed by atoms with Crippen molar-refractivity contribution < 1.29 is 54.4 Å². The van der Waals surface area contributed by atoms with Crippen LogP contribution in [0, 0.1) is 0 Å². The van der Waals surface area contributed by atoms with Gasteiger partial charge in [-0.15, -0.1) is 0 Å². The van der Waals surface area contributed by atoms with Crippen LogP contribution in [-0.4, -0.2) is 78.6 Å². The molecular weight excluding hydrogens is 328 g/mol. The van der Waals surface area contributed by atoms with Gasteiger partial charge in [0.2, 0.25) is 0 Å². The molecule has 12 nitrogen and oxygen atoms in total. The number of aldehydes is 1. The molecule has 0 rings (SSSR count). The highest BCUT2D eigenvalue weighted by molar-refractivity contribution is 7.81. The molecule has 0 unspecified atom stereocenters. The molecule has 0 aromatic heterocycles. The smallest absolute Gasteiger partial charge is 0.388 e. The van der Waals surface area contributed by atoms with Crippen LogP contribution < -0.4 is 0 Å². The second-order valence-corrected chi connectivity index (χ2v) is 5.52. The minimum Gasteiger partial charge on any atom is -0.388 e. The molecule has 0 heterocycles. The van der Waals surface area contributed by atoms with E-state index in [2.05, 4.69) is 8.37 Å². The Morgan fingerprint density at radius 2 is 1.45 bits per heavy atom. The van der Waals surface area contributed by atoms with Gasteiger partial charge in [-0.2, -0.15) is 16.8 Å². The zero-order chi connectivity index (χ0) is 16.1. The van der Waals surface area contributed by atoms with Crippen LogP contribution in [0.3, 0.4) is 0 Å². The van der Waals surface area contributed by atoms with E-state index in [1.807, 2.05) is 0 Å². The Bertz CT molecular complexity index is 508. The molecule has 0 saturated heterocycles. The van der Waals surface area contributed by atoms with Crippen molar-refractivity contribution in [3.8, 4) is 0 Å². The zero-order valence-corrected chi connectivity index (χ0v) is 11.1. The van der Waals surface area contributed by atoms with Crippen LogP contribution in [-0.2, 0) is 34.0 Å². The van der Waals surface area contributed by atoms with Crippen molar-refractivity contribution >= 4 is 27.1 Å². The Labute approximate surface area is 113 Å². The standard InChI is InChI=1S/C6H12O12S2/c7-1-4(18-20(14,15)16)6(10)5(9)3(8)2-17-19(11,12)13/h1,3-6,8-10H,2H2,(H,11,12,13)(H,14,15,16)/t3-,4-,5-,6-/m1/s1. The number of aliphatic hydroxyl groups excluding tert-OH is 3. The van der Waals surface area contributed by atoms with Crippen molar-refractivity contribution in [1.29, 1.82) is 0 Å². The first-order valence-electron chi connectivity index (χ1n) is 4.64. The van der Waals surface area contributed by atoms with Gasteiger partial charge in [0.15, 0.2) is 12.4 Å². The molecule has 4 atom stereocenters. The highest BCUT2D eigenvalue weighted by atomic mass is 32.3. The van der Waals surface area contributed by atoms with Crippen LogP contribution in [0.15, 0.2) is 0 Å². The predicted octanol–water partition coefficient (Wildman–Crippen LogP) is -3.72. The van der Waals surface area contributed by atoms with Crippen molar-refractivity contribution in [2.45, 2.75) is 24.4 Å². The molecule has 0 fully saturated rings. The lowest BCUT2D eigenvalue weighted by Gasteiger charge is -2.24. The van der Waals surface area contributed by atoms with E-state index in [9.17, 15) is 36.9 Å². The summed E-state index contributed by atoms with van der Waals surface area (Å²) in [4.78, 5) is 10.4. The SMILES string of the molecule is O=C[C@@H](OS(=O)(=O)O)[C@@H](O)[C@H](O)[C@H](O)COS(=O)(=O)O. The van der Waals surface area contributed by atoms with Gasteiger partial charge in [0.25, 0.3) is 0 Å². The maximum atomic E-state index is 10.4. The Morgan fingerprint density at radius 3 is 1.80 bits per heavy atom. The van der Waals surface area contributed by atoms with Crippen LogP contribution in [0.4, 0.5) is 0 Å². The second-order valence-electron chi connectivity index (χ2n) is 3.39. The summed E-state index contributed by atoms with van der Waals surface area (Å²) in [7, 11) is -10.0. The normalized spacial score (nSPS) is 19.1. The molecule has 120 valence electrons. The number of aliphatic hydroxyl groups is 3. The van der Waals surface area contributed by atoms with Gasteiger partial charge in [-0.1, -0.05) is 0 Å². The van der Waals surface area contributed by atoms with Crippen molar-refractivity contribution in [2.75, 3.05) is 6.61 Å². The number of hydrogen-bond donors (Lipinski definition) is 5. The van der Waals surface area contributed by atoms with Gasteiger partial charge in [0, 0.05) is 0 Å². The fourth-order valence-electron chi connectivity index (χ4n) is 0.977. The number of hydrogen-bond acceptors (Lipinski definition) is 10. The summed E-state index contributed by atoms with van der Waals surface area (Å²) in [6, 6.07) is 0. The van der Waals surface area contributed by atoms with Crippen LogP contribution >= 0.6 is 0 Å². The largest absolute Gasteiger partial charge is 0.398 e. The summed E-state index contributed by atoms with van der Waals surface area (Å²) in [5.41, 5.74) is 0. The van der Waals surface area contributed by atoms with E-state index in [0.717, 1.165) is 0 Å². The third-order valence-electron chi connectivity index (χ3n) is 1.84. The van der Waals surface area contributed by atoms with E-state index in [1.54, 1.807) is 0 Å². The molecule has 0 aromatic rings. The van der Waals surface area contributed by atoms with Gasteiger partial charge in [0.05, 0.1) is 6.61 Å². The second kappa shape index (κ2) is 7.34. The number of rotatable bonds is 9. The minimum absolute atomic E-state index is 0.294. The summed E-state index contributed by atoms with van der Waals surface area (Å²) < 4.78 is 64.9. The van der Waals surface area contributed by atoms with E-state index in [0.29, 0.717) is 0 Å². The van der Waals surface area contributed by atoms with E-state index in [4.69, 9.17) is 9.11 Å². The molecule has 14 heteroatoms. The number of carbonyl (C=O) groups excluding carboxylic acids is 1. The van der Waals surface area contributed by atoms with Crippen LogP contribution in [0.25, 0.3) is 0 Å². The molecule has 0 aliphatic heterocycles. The van der Waals surface area contributed by atoms with E-state index >= 15 is 0 Å². The maximum Gasteiger partial charge on any atom is 0.398 e. The quantitative estimate of drug-likeness (QED) is 0.203. The van der Waals surface area contributed by atoms with Crippen molar-refractivity contribution in [2.24, 2.45) is 0 Å². The van der Waals surface area contributed by atoms with Crippen molar-refractivity contribution in [3.63, 3.8) is 0 Å². The summed E-state index contributed by atoms with van der Waals surface area (Å²) in [5.74, 6) is 0. The molecule has 0 amide bonds. The average Bonchev–Trinajstić information content (AvgIpc) is 2.29. The number of carbonyl (C=O) groups is 1. The lowest BCUT2D eigenvalue weighted by atomic mass is 10.0. The topological polar surface area (TPSA) is 205 Å². The molecular formula is C6H12O12S2. The fraction of sp³-hybridized carbons (Fsp3) is 0.833. The van der Waals surface area contributed by atoms with Gasteiger partial charge >= 0.3 is 20.8 Å². The average molecular weight is 340 g/mol. The van der Waals surface area contributed by atoms with Crippen molar-refractivity contribution in [3.05, 3.63) is 0 Å². The Hall–Kier alpha value is -0.710. The first-order chi connectivity index (χ1) is 8.87. The van der Waals surface area contributed by atoms with Gasteiger partial charge in [0.1, 0.15) is 18.3 Å². The van der Waals surface area contributed by atoms with E-state index < -0.39 is 51.8 Å². The summed E-state index contributed by atoms with van der Waals surface area (Å²) in [6.07, 6.45) is -9.30. The Morgan fingerprint density at radius 1 is 0.950 bits per heavy atom. The molecule has 0 bridgehead atoms. The van der Waals surface area contributed by atoms with Crippen LogP contribution in [0.5, 0.6) is 0 Å².